The predicted octanol–water partition coefficient (Wildman–Crippen LogP) is 2.30. The van der Waals surface area contributed by atoms with Crippen LogP contribution in [0.15, 0.2) is 24.3 Å². The maximum atomic E-state index is 10.2. The van der Waals surface area contributed by atoms with E-state index < -0.39 is 5.60 Å². The number of allylic oxidation sites excluding steroid dienone is 1. The fourth-order valence-corrected chi connectivity index (χ4v) is 1.64. The van der Waals surface area contributed by atoms with Gasteiger partial charge in [-0.3, -0.25) is 0 Å². The number of methoxy groups -OCH3 is 1. The molecular weight excluding hydrogens is 176 g/mol. The highest BCUT2D eigenvalue weighted by molar-refractivity contribution is 5.26. The smallest absolute Gasteiger partial charge is 0.106 e. The van der Waals surface area contributed by atoms with Gasteiger partial charge >= 0.3 is 0 Å². The minimum atomic E-state index is -0.856. The van der Waals surface area contributed by atoms with E-state index in [2.05, 4.69) is 26.5 Å². The molecule has 0 radical (unpaired) electrons. The lowest BCUT2D eigenvalue weighted by molar-refractivity contribution is 0.0773. The van der Waals surface area contributed by atoms with Gasteiger partial charge in [0, 0.05) is 7.11 Å². The average molecular weight is 196 g/mol. The maximum Gasteiger partial charge on any atom is 0.106 e. The van der Waals surface area contributed by atoms with Crippen molar-refractivity contribution in [1.82, 2.24) is 0 Å². The summed E-state index contributed by atoms with van der Waals surface area (Å²) in [5, 5.41) is 10.2. The monoisotopic (exact) mass is 196 g/mol. The third-order valence-electron chi connectivity index (χ3n) is 2.89. The van der Waals surface area contributed by atoms with E-state index >= 15 is 0 Å². The van der Waals surface area contributed by atoms with Crippen LogP contribution >= 0.6 is 0 Å². The molecule has 0 spiro atoms. The van der Waals surface area contributed by atoms with Crippen molar-refractivity contribution < 1.29 is 9.84 Å². The van der Waals surface area contributed by atoms with Crippen LogP contribution in [-0.2, 0) is 4.74 Å². The molecule has 1 atom stereocenters. The fraction of sp³-hybridized carbons (Fsp3) is 0.667. The lowest BCUT2D eigenvalue weighted by Gasteiger charge is -2.35. The zero-order valence-corrected chi connectivity index (χ0v) is 9.34. The Morgan fingerprint density at radius 2 is 2.07 bits per heavy atom. The first-order valence-corrected chi connectivity index (χ1v) is 5.00. The molecule has 0 fully saturated rings. The lowest BCUT2D eigenvalue weighted by atomic mass is 9.74. The molecule has 1 aliphatic carbocycles. The largest absolute Gasteiger partial charge is 0.381 e. The second-order valence-electron chi connectivity index (χ2n) is 4.78. The van der Waals surface area contributed by atoms with Crippen LogP contribution in [-0.4, -0.2) is 24.4 Å². The van der Waals surface area contributed by atoms with Crippen LogP contribution in [0.4, 0.5) is 0 Å². The van der Waals surface area contributed by atoms with Gasteiger partial charge < -0.3 is 9.84 Å². The van der Waals surface area contributed by atoms with E-state index in [0.29, 0.717) is 6.61 Å². The zero-order valence-electron chi connectivity index (χ0n) is 9.34. The summed E-state index contributed by atoms with van der Waals surface area (Å²) in [7, 11) is 1.62. The second-order valence-corrected chi connectivity index (χ2v) is 4.78. The topological polar surface area (TPSA) is 29.5 Å². The lowest BCUT2D eigenvalue weighted by Crippen LogP contribution is -2.35. The third-order valence-corrected chi connectivity index (χ3v) is 2.89. The van der Waals surface area contributed by atoms with Crippen molar-refractivity contribution in [3.8, 4) is 0 Å². The highest BCUT2D eigenvalue weighted by atomic mass is 16.5. The first kappa shape index (κ1) is 11.5. The quantitative estimate of drug-likeness (QED) is 0.702. The summed E-state index contributed by atoms with van der Waals surface area (Å²) < 4.78 is 4.98. The molecular formula is C12H20O2. The molecule has 80 valence electrons. The van der Waals surface area contributed by atoms with Crippen molar-refractivity contribution >= 4 is 0 Å². The van der Waals surface area contributed by atoms with Crippen LogP contribution in [0.1, 0.15) is 26.7 Å². The summed E-state index contributed by atoms with van der Waals surface area (Å²) in [5.74, 6) is 0. The van der Waals surface area contributed by atoms with Crippen LogP contribution in [0, 0.1) is 5.41 Å². The molecule has 1 rings (SSSR count). The van der Waals surface area contributed by atoms with E-state index in [1.54, 1.807) is 7.11 Å². The molecule has 1 N–H and O–H groups in total. The predicted molar refractivity (Wildman–Crippen MR) is 58.1 cm³/mol. The standard InChI is InChI=1S/C12H20O2/c1-10(9-14-4)12(13)7-5-11(2,3)6-8-12/h5,7,13H,1,6,8-9H2,2-4H3. The van der Waals surface area contributed by atoms with E-state index in [1.165, 1.54) is 0 Å². The third kappa shape index (κ3) is 2.46. The SMILES string of the molecule is C=C(COC)C1(O)C=CC(C)(C)CC1. The Kier molecular flexibility index (Phi) is 3.17. The van der Waals surface area contributed by atoms with E-state index in [9.17, 15) is 5.11 Å². The van der Waals surface area contributed by atoms with Crippen molar-refractivity contribution in [1.29, 1.82) is 0 Å². The molecule has 2 nitrogen and oxygen atoms in total. The van der Waals surface area contributed by atoms with E-state index in [4.69, 9.17) is 4.74 Å². The van der Waals surface area contributed by atoms with Gasteiger partial charge in [0.05, 0.1) is 6.61 Å². The van der Waals surface area contributed by atoms with Crippen molar-refractivity contribution in [3.05, 3.63) is 24.3 Å². The molecule has 0 aliphatic heterocycles. The molecule has 0 aromatic rings. The minimum Gasteiger partial charge on any atom is -0.381 e. The summed E-state index contributed by atoms with van der Waals surface area (Å²) in [6.45, 7) is 8.62. The highest BCUT2D eigenvalue weighted by Gasteiger charge is 2.33. The fourth-order valence-electron chi connectivity index (χ4n) is 1.64. The molecule has 0 heterocycles. The van der Waals surface area contributed by atoms with E-state index in [0.717, 1.165) is 18.4 Å². The average Bonchev–Trinajstić information content (AvgIpc) is 2.11. The highest BCUT2D eigenvalue weighted by Crippen LogP contribution is 2.37. The second kappa shape index (κ2) is 3.87. The first-order chi connectivity index (χ1) is 6.40. The number of rotatable bonds is 3. The molecule has 14 heavy (non-hydrogen) atoms. The van der Waals surface area contributed by atoms with Crippen LogP contribution in [0.5, 0.6) is 0 Å². The van der Waals surface area contributed by atoms with Gasteiger partial charge in [-0.1, -0.05) is 32.6 Å². The summed E-state index contributed by atoms with van der Waals surface area (Å²) in [6.07, 6.45) is 5.64. The van der Waals surface area contributed by atoms with Crippen molar-refractivity contribution in [2.24, 2.45) is 5.41 Å². The number of hydrogen-bond acceptors (Lipinski definition) is 2. The maximum absolute atomic E-state index is 10.2. The molecule has 0 saturated heterocycles. The minimum absolute atomic E-state index is 0.194. The van der Waals surface area contributed by atoms with Crippen LogP contribution in [0.3, 0.4) is 0 Å². The first-order valence-electron chi connectivity index (χ1n) is 5.00. The summed E-state index contributed by atoms with van der Waals surface area (Å²) >= 11 is 0. The van der Waals surface area contributed by atoms with Crippen molar-refractivity contribution in [3.63, 3.8) is 0 Å². The van der Waals surface area contributed by atoms with Gasteiger partial charge in [0.15, 0.2) is 0 Å². The van der Waals surface area contributed by atoms with Crippen molar-refractivity contribution in [2.45, 2.75) is 32.3 Å². The van der Waals surface area contributed by atoms with Crippen molar-refractivity contribution in [2.75, 3.05) is 13.7 Å². The Hall–Kier alpha value is -0.600. The number of hydrogen-bond donors (Lipinski definition) is 1. The molecule has 0 saturated carbocycles. The van der Waals surface area contributed by atoms with Gasteiger partial charge in [-0.05, 0) is 23.8 Å². The van der Waals surface area contributed by atoms with E-state index in [1.807, 2.05) is 6.08 Å². The van der Waals surface area contributed by atoms with Gasteiger partial charge in [0.25, 0.3) is 0 Å². The van der Waals surface area contributed by atoms with Crippen LogP contribution < -0.4 is 0 Å². The van der Waals surface area contributed by atoms with Crippen LogP contribution in [0.2, 0.25) is 0 Å². The number of aliphatic hydroxyl groups is 1. The van der Waals surface area contributed by atoms with Gasteiger partial charge in [0.2, 0.25) is 0 Å². The molecule has 0 aromatic heterocycles. The Labute approximate surface area is 86.3 Å². The van der Waals surface area contributed by atoms with Gasteiger partial charge in [-0.2, -0.15) is 0 Å². The molecule has 0 aromatic carbocycles. The van der Waals surface area contributed by atoms with Gasteiger partial charge in [-0.15, -0.1) is 0 Å². The Morgan fingerprint density at radius 1 is 1.43 bits per heavy atom. The molecule has 1 aliphatic rings. The Bertz CT molecular complexity index is 253. The van der Waals surface area contributed by atoms with Crippen LogP contribution in [0.25, 0.3) is 0 Å². The Balaban J connectivity index is 2.74. The number of ether oxygens (including phenoxy) is 1. The van der Waals surface area contributed by atoms with E-state index in [-0.39, 0.29) is 5.41 Å². The van der Waals surface area contributed by atoms with Gasteiger partial charge in [0.1, 0.15) is 5.60 Å². The molecule has 1 unspecified atom stereocenters. The summed E-state index contributed by atoms with van der Waals surface area (Å²) in [5.41, 5.74) is 0.0808. The zero-order chi connectivity index (χ0) is 10.8. The Morgan fingerprint density at radius 3 is 2.50 bits per heavy atom. The van der Waals surface area contributed by atoms with Gasteiger partial charge in [-0.25, -0.2) is 0 Å². The molecule has 0 bridgehead atoms. The summed E-state index contributed by atoms with van der Waals surface area (Å²) in [4.78, 5) is 0. The normalized spacial score (nSPS) is 30.3. The molecule has 2 heteroatoms. The summed E-state index contributed by atoms with van der Waals surface area (Å²) in [6, 6.07) is 0. The molecule has 0 amide bonds.